The molecule has 2 atom stereocenters. The molecule has 0 aliphatic carbocycles. The Morgan fingerprint density at radius 1 is 1.07 bits per heavy atom. The van der Waals surface area contributed by atoms with Gasteiger partial charge in [0.05, 0.1) is 11.3 Å². The number of thiophene rings is 1. The zero-order valence-electron chi connectivity index (χ0n) is 16.2. The second-order valence-electron chi connectivity index (χ2n) is 7.93. The highest BCUT2D eigenvalue weighted by Gasteiger charge is 2.44. The highest BCUT2D eigenvalue weighted by molar-refractivity contribution is 7.11. The zero-order chi connectivity index (χ0) is 20.0. The number of aryl methyl sites for hydroxylation is 1. The first kappa shape index (κ1) is 19.2. The number of rotatable bonds is 3. The Balaban J connectivity index is 1.81. The first-order valence-corrected chi connectivity index (χ1v) is 10.8. The number of anilines is 1. The van der Waals surface area contributed by atoms with E-state index in [1.807, 2.05) is 30.5 Å². The topological polar surface area (TPSA) is 40.6 Å². The summed E-state index contributed by atoms with van der Waals surface area (Å²) in [7, 11) is 0. The largest absolute Gasteiger partial charge is 0.366 e. The summed E-state index contributed by atoms with van der Waals surface area (Å²) in [6, 6.07) is 9.14. The molecule has 1 fully saturated rings. The van der Waals surface area contributed by atoms with Crippen LogP contribution in [0.15, 0.2) is 41.4 Å². The fourth-order valence-corrected chi connectivity index (χ4v) is 5.19. The number of imide groups is 1. The Bertz CT molecular complexity index is 957. The summed E-state index contributed by atoms with van der Waals surface area (Å²) in [4.78, 5) is 31.1. The Morgan fingerprint density at radius 3 is 2.39 bits per heavy atom. The predicted molar refractivity (Wildman–Crippen MR) is 114 cm³/mol. The van der Waals surface area contributed by atoms with E-state index in [0.29, 0.717) is 33.8 Å². The summed E-state index contributed by atoms with van der Waals surface area (Å²) in [6.07, 6.45) is 1.14. The van der Waals surface area contributed by atoms with Crippen LogP contribution in [0.2, 0.25) is 5.02 Å². The SMILES string of the molecule is Cc1ccc(N2C(=O)C(c3cccs3)=C(N3CC(C)CC(C)C3)C2=O)cc1Cl. The summed E-state index contributed by atoms with van der Waals surface area (Å²) < 4.78 is 0. The molecule has 1 aromatic carbocycles. The van der Waals surface area contributed by atoms with E-state index >= 15 is 0 Å². The van der Waals surface area contributed by atoms with Gasteiger partial charge in [0.15, 0.2) is 0 Å². The van der Waals surface area contributed by atoms with Crippen molar-refractivity contribution in [2.45, 2.75) is 27.2 Å². The van der Waals surface area contributed by atoms with Gasteiger partial charge in [-0.05, 0) is 54.3 Å². The number of carbonyl (C=O) groups is 2. The van der Waals surface area contributed by atoms with Crippen LogP contribution >= 0.6 is 22.9 Å². The standard InChI is InChI=1S/C22H23ClN2O2S/c1-13-9-14(2)12-24(11-13)20-19(18-5-4-8-28-18)21(26)25(22(20)27)16-7-6-15(3)17(23)10-16/h4-8,10,13-14H,9,11-12H2,1-3H3. The third kappa shape index (κ3) is 3.27. The van der Waals surface area contributed by atoms with Crippen LogP contribution in [0.4, 0.5) is 5.69 Å². The van der Waals surface area contributed by atoms with Gasteiger partial charge in [-0.2, -0.15) is 0 Å². The van der Waals surface area contributed by atoms with Gasteiger partial charge in [-0.3, -0.25) is 9.59 Å². The summed E-state index contributed by atoms with van der Waals surface area (Å²) in [5.74, 6) is 0.432. The van der Waals surface area contributed by atoms with Crippen molar-refractivity contribution >= 4 is 46.0 Å². The van der Waals surface area contributed by atoms with Gasteiger partial charge in [0, 0.05) is 23.0 Å². The maximum Gasteiger partial charge on any atom is 0.282 e. The van der Waals surface area contributed by atoms with Crippen LogP contribution in [-0.4, -0.2) is 29.8 Å². The molecule has 2 aliphatic heterocycles. The number of piperidine rings is 1. The predicted octanol–water partition coefficient (Wildman–Crippen LogP) is 4.97. The van der Waals surface area contributed by atoms with Gasteiger partial charge < -0.3 is 4.90 Å². The summed E-state index contributed by atoms with van der Waals surface area (Å²) in [5.41, 5.74) is 2.48. The van der Waals surface area contributed by atoms with Crippen LogP contribution < -0.4 is 4.90 Å². The van der Waals surface area contributed by atoms with E-state index in [9.17, 15) is 9.59 Å². The monoisotopic (exact) mass is 414 g/mol. The molecular formula is C22H23ClN2O2S. The van der Waals surface area contributed by atoms with Crippen LogP contribution in [0.25, 0.3) is 5.57 Å². The third-order valence-corrected chi connectivity index (χ3v) is 6.72. The van der Waals surface area contributed by atoms with Gasteiger partial charge in [0.1, 0.15) is 5.70 Å². The van der Waals surface area contributed by atoms with Crippen LogP contribution in [0.1, 0.15) is 30.7 Å². The molecule has 1 saturated heterocycles. The van der Waals surface area contributed by atoms with Crippen molar-refractivity contribution in [1.29, 1.82) is 0 Å². The zero-order valence-corrected chi connectivity index (χ0v) is 17.8. The number of hydrogen-bond donors (Lipinski definition) is 0. The van der Waals surface area contributed by atoms with Gasteiger partial charge >= 0.3 is 0 Å². The van der Waals surface area contributed by atoms with Crippen LogP contribution in [0.5, 0.6) is 0 Å². The number of halogens is 1. The number of likely N-dealkylation sites (tertiary alicyclic amines) is 1. The third-order valence-electron chi connectivity index (χ3n) is 5.43. The molecule has 28 heavy (non-hydrogen) atoms. The van der Waals surface area contributed by atoms with Crippen molar-refractivity contribution in [2.24, 2.45) is 11.8 Å². The second kappa shape index (κ2) is 7.37. The van der Waals surface area contributed by atoms with Crippen LogP contribution in [0, 0.1) is 18.8 Å². The van der Waals surface area contributed by atoms with Crippen molar-refractivity contribution < 1.29 is 9.59 Å². The Kier molecular flexibility index (Phi) is 5.06. The van der Waals surface area contributed by atoms with E-state index < -0.39 is 0 Å². The quantitative estimate of drug-likeness (QED) is 0.665. The van der Waals surface area contributed by atoms with Gasteiger partial charge in [-0.15, -0.1) is 11.3 Å². The molecule has 2 amide bonds. The lowest BCUT2D eigenvalue weighted by Gasteiger charge is -2.37. The van der Waals surface area contributed by atoms with Crippen LogP contribution in [-0.2, 0) is 9.59 Å². The van der Waals surface area contributed by atoms with Crippen molar-refractivity contribution in [3.63, 3.8) is 0 Å². The van der Waals surface area contributed by atoms with Gasteiger partial charge in [-0.25, -0.2) is 4.90 Å². The lowest BCUT2D eigenvalue weighted by atomic mass is 9.91. The first-order chi connectivity index (χ1) is 13.4. The minimum Gasteiger partial charge on any atom is -0.366 e. The maximum atomic E-state index is 13.5. The molecule has 146 valence electrons. The molecule has 2 aliphatic rings. The number of carbonyl (C=O) groups excluding carboxylic acids is 2. The van der Waals surface area contributed by atoms with Crippen molar-refractivity contribution in [2.75, 3.05) is 18.0 Å². The van der Waals surface area contributed by atoms with E-state index in [-0.39, 0.29) is 11.8 Å². The number of nitrogens with zero attached hydrogens (tertiary/aromatic N) is 2. The highest BCUT2D eigenvalue weighted by atomic mass is 35.5. The average Bonchev–Trinajstić information content (AvgIpc) is 3.23. The Hall–Kier alpha value is -2.11. The lowest BCUT2D eigenvalue weighted by molar-refractivity contribution is -0.120. The van der Waals surface area contributed by atoms with Crippen molar-refractivity contribution in [1.82, 2.24) is 4.90 Å². The smallest absolute Gasteiger partial charge is 0.282 e. The summed E-state index contributed by atoms with van der Waals surface area (Å²) in [6.45, 7) is 7.88. The molecular weight excluding hydrogens is 392 g/mol. The molecule has 0 spiro atoms. The van der Waals surface area contributed by atoms with Crippen LogP contribution in [0.3, 0.4) is 0 Å². The second-order valence-corrected chi connectivity index (χ2v) is 9.29. The minimum absolute atomic E-state index is 0.255. The molecule has 0 N–H and O–H groups in total. The Morgan fingerprint density at radius 2 is 1.79 bits per heavy atom. The fraction of sp³-hybridized carbons (Fsp3) is 0.364. The molecule has 3 heterocycles. The van der Waals surface area contributed by atoms with Gasteiger partial charge in [0.25, 0.3) is 11.8 Å². The summed E-state index contributed by atoms with van der Waals surface area (Å²) in [5, 5.41) is 2.48. The molecule has 2 unspecified atom stereocenters. The Labute approximate surface area is 174 Å². The highest BCUT2D eigenvalue weighted by Crippen LogP contribution is 2.39. The van der Waals surface area contributed by atoms with E-state index in [2.05, 4.69) is 18.7 Å². The number of amides is 2. The summed E-state index contributed by atoms with van der Waals surface area (Å²) >= 11 is 7.76. The van der Waals surface area contributed by atoms with Crippen molar-refractivity contribution in [3.05, 3.63) is 56.9 Å². The molecule has 4 nitrogen and oxygen atoms in total. The first-order valence-electron chi connectivity index (χ1n) is 9.55. The van der Waals surface area contributed by atoms with Gasteiger partial charge in [-0.1, -0.05) is 37.6 Å². The van der Waals surface area contributed by atoms with E-state index in [1.54, 1.807) is 12.1 Å². The number of benzene rings is 1. The van der Waals surface area contributed by atoms with E-state index in [0.717, 1.165) is 30.0 Å². The number of hydrogen-bond acceptors (Lipinski definition) is 4. The fourth-order valence-electron chi connectivity index (χ4n) is 4.26. The normalized spacial score (nSPS) is 23.1. The molecule has 0 bridgehead atoms. The van der Waals surface area contributed by atoms with E-state index in [4.69, 9.17) is 11.6 Å². The average molecular weight is 415 g/mol. The molecule has 0 radical (unpaired) electrons. The molecule has 0 saturated carbocycles. The lowest BCUT2D eigenvalue weighted by Crippen LogP contribution is -2.42. The van der Waals surface area contributed by atoms with Crippen molar-refractivity contribution in [3.8, 4) is 0 Å². The molecule has 6 heteroatoms. The maximum absolute atomic E-state index is 13.5. The minimum atomic E-state index is -0.270. The van der Waals surface area contributed by atoms with Gasteiger partial charge in [0.2, 0.25) is 0 Å². The molecule has 1 aromatic heterocycles. The molecule has 4 rings (SSSR count). The van der Waals surface area contributed by atoms with E-state index in [1.165, 1.54) is 16.2 Å². The molecule has 2 aromatic rings.